The number of hydrogen-bond acceptors (Lipinski definition) is 6. The van der Waals surface area contributed by atoms with E-state index in [2.05, 4.69) is 20.4 Å². The molecule has 0 unspecified atom stereocenters. The van der Waals surface area contributed by atoms with E-state index in [1.807, 2.05) is 48.5 Å². The molecular weight excluding hydrogens is 330 g/mol. The van der Waals surface area contributed by atoms with Crippen molar-refractivity contribution < 1.29 is 9.47 Å². The van der Waals surface area contributed by atoms with E-state index < -0.39 is 0 Å². The van der Waals surface area contributed by atoms with Gasteiger partial charge in [-0.3, -0.25) is 0 Å². The minimum absolute atomic E-state index is 0.498. The van der Waals surface area contributed by atoms with Gasteiger partial charge in [-0.1, -0.05) is 6.07 Å². The van der Waals surface area contributed by atoms with Crippen LogP contribution in [0.3, 0.4) is 0 Å². The van der Waals surface area contributed by atoms with Crippen LogP contribution >= 0.6 is 0 Å². The molecule has 0 aliphatic rings. The highest BCUT2D eigenvalue weighted by Crippen LogP contribution is 2.24. The highest BCUT2D eigenvalue weighted by molar-refractivity contribution is 5.65. The molecule has 0 aliphatic heterocycles. The molecule has 4 rings (SSSR count). The minimum Gasteiger partial charge on any atom is -0.497 e. The summed E-state index contributed by atoms with van der Waals surface area (Å²) in [6.07, 6.45) is 1.68. The topological polar surface area (TPSA) is 73.6 Å². The molecule has 130 valence electrons. The molecule has 7 nitrogen and oxygen atoms in total. The van der Waals surface area contributed by atoms with Gasteiger partial charge in [-0.15, -0.1) is 5.10 Å². The van der Waals surface area contributed by atoms with Crippen molar-refractivity contribution in [3.63, 3.8) is 0 Å². The van der Waals surface area contributed by atoms with Crippen LogP contribution in [0.4, 0.5) is 11.6 Å². The smallest absolute Gasteiger partial charge is 0.247 e. The van der Waals surface area contributed by atoms with Crippen molar-refractivity contribution in [1.82, 2.24) is 19.6 Å². The lowest BCUT2D eigenvalue weighted by molar-refractivity contribution is 0.398. The molecule has 0 spiro atoms. The summed E-state index contributed by atoms with van der Waals surface area (Å²) in [7, 11) is 3.24. The predicted octanol–water partition coefficient (Wildman–Crippen LogP) is 3.55. The molecule has 0 bridgehead atoms. The lowest BCUT2D eigenvalue weighted by Crippen LogP contribution is -1.96. The molecule has 26 heavy (non-hydrogen) atoms. The van der Waals surface area contributed by atoms with Crippen LogP contribution in [-0.2, 0) is 0 Å². The van der Waals surface area contributed by atoms with Gasteiger partial charge in [0.05, 0.1) is 31.8 Å². The maximum Gasteiger partial charge on any atom is 0.247 e. The fourth-order valence-corrected chi connectivity index (χ4v) is 2.64. The Morgan fingerprint density at radius 2 is 1.77 bits per heavy atom. The number of methoxy groups -OCH3 is 2. The molecule has 3 heterocycles. The number of benzene rings is 1. The van der Waals surface area contributed by atoms with Gasteiger partial charge in [0.25, 0.3) is 0 Å². The number of hydrogen-bond donors (Lipinski definition) is 1. The summed E-state index contributed by atoms with van der Waals surface area (Å²) in [6.45, 7) is 0. The number of aromatic nitrogens is 4. The van der Waals surface area contributed by atoms with Gasteiger partial charge in [0.1, 0.15) is 5.75 Å². The van der Waals surface area contributed by atoms with Gasteiger partial charge in [0.2, 0.25) is 11.8 Å². The second-order valence-electron chi connectivity index (χ2n) is 5.56. The Bertz CT molecular complexity index is 1030. The monoisotopic (exact) mass is 347 g/mol. The van der Waals surface area contributed by atoms with Crippen molar-refractivity contribution in [1.29, 1.82) is 0 Å². The zero-order valence-electron chi connectivity index (χ0n) is 14.4. The number of ether oxygens (including phenoxy) is 2. The van der Waals surface area contributed by atoms with Crippen LogP contribution in [0.2, 0.25) is 0 Å². The third-order valence-electron chi connectivity index (χ3n) is 3.95. The maximum atomic E-state index is 5.22. The summed E-state index contributed by atoms with van der Waals surface area (Å²) < 4.78 is 12.1. The first kappa shape index (κ1) is 15.9. The summed E-state index contributed by atoms with van der Waals surface area (Å²) in [5.41, 5.74) is 3.51. The van der Waals surface area contributed by atoms with Gasteiger partial charge in [-0.25, -0.2) is 9.50 Å². The number of rotatable bonds is 5. The quantitative estimate of drug-likeness (QED) is 0.595. The van der Waals surface area contributed by atoms with Crippen molar-refractivity contribution in [2.24, 2.45) is 0 Å². The highest BCUT2D eigenvalue weighted by atomic mass is 16.5. The second kappa shape index (κ2) is 6.72. The van der Waals surface area contributed by atoms with Gasteiger partial charge in [-0.05, 0) is 42.5 Å². The summed E-state index contributed by atoms with van der Waals surface area (Å²) in [5, 5.41) is 7.73. The van der Waals surface area contributed by atoms with Crippen LogP contribution in [-0.4, -0.2) is 33.8 Å². The fraction of sp³-hybridized carbons (Fsp3) is 0.105. The molecule has 0 saturated heterocycles. The average Bonchev–Trinajstić information content (AvgIpc) is 3.11. The van der Waals surface area contributed by atoms with Gasteiger partial charge < -0.3 is 14.8 Å². The number of anilines is 2. The van der Waals surface area contributed by atoms with Crippen LogP contribution in [0.25, 0.3) is 16.9 Å². The van der Waals surface area contributed by atoms with Crippen molar-refractivity contribution in [2.45, 2.75) is 0 Å². The molecule has 4 aromatic rings. The molecule has 3 aromatic heterocycles. The highest BCUT2D eigenvalue weighted by Gasteiger charge is 2.09. The largest absolute Gasteiger partial charge is 0.497 e. The molecule has 0 fully saturated rings. The SMILES string of the molecule is COc1ccc(-c2cccc3nc(Nc4ccc(OC)nc4)nn23)cc1. The molecule has 0 amide bonds. The van der Waals surface area contributed by atoms with E-state index in [9.17, 15) is 0 Å². The summed E-state index contributed by atoms with van der Waals surface area (Å²) >= 11 is 0. The molecule has 0 atom stereocenters. The standard InChI is InChI=1S/C19H17N5O2/c1-25-15-9-6-13(7-10-15)16-4-3-5-17-22-19(23-24(16)17)21-14-8-11-18(26-2)20-12-14/h3-12H,1-2H3,(H,21,23). The van der Waals surface area contributed by atoms with Gasteiger partial charge >= 0.3 is 0 Å². The van der Waals surface area contributed by atoms with Crippen molar-refractivity contribution in [2.75, 3.05) is 19.5 Å². The van der Waals surface area contributed by atoms with E-state index >= 15 is 0 Å². The van der Waals surface area contributed by atoms with Gasteiger partial charge in [0.15, 0.2) is 5.65 Å². The number of fused-ring (bicyclic) bond motifs is 1. The van der Waals surface area contributed by atoms with Gasteiger partial charge in [-0.2, -0.15) is 4.98 Å². The molecule has 0 radical (unpaired) electrons. The first-order valence-corrected chi connectivity index (χ1v) is 8.04. The Kier molecular flexibility index (Phi) is 4.10. The van der Waals surface area contributed by atoms with E-state index in [1.54, 1.807) is 31.0 Å². The Morgan fingerprint density at radius 1 is 0.923 bits per heavy atom. The zero-order chi connectivity index (χ0) is 17.9. The van der Waals surface area contributed by atoms with E-state index in [0.717, 1.165) is 28.3 Å². The van der Waals surface area contributed by atoms with Crippen molar-refractivity contribution in [3.05, 3.63) is 60.8 Å². The summed E-state index contributed by atoms with van der Waals surface area (Å²) in [5.74, 6) is 1.87. The first-order chi connectivity index (χ1) is 12.8. The first-order valence-electron chi connectivity index (χ1n) is 8.04. The molecule has 7 heteroatoms. The normalized spacial score (nSPS) is 10.7. The Balaban J connectivity index is 1.68. The third-order valence-corrected chi connectivity index (χ3v) is 3.95. The van der Waals surface area contributed by atoms with E-state index in [4.69, 9.17) is 9.47 Å². The van der Waals surface area contributed by atoms with Crippen LogP contribution in [0.5, 0.6) is 11.6 Å². The number of nitrogens with one attached hydrogen (secondary N) is 1. The van der Waals surface area contributed by atoms with E-state index in [0.29, 0.717) is 11.8 Å². The summed E-state index contributed by atoms with van der Waals surface area (Å²) in [6, 6.07) is 17.4. The average molecular weight is 347 g/mol. The number of nitrogens with zero attached hydrogens (tertiary/aromatic N) is 4. The maximum absolute atomic E-state index is 5.22. The Morgan fingerprint density at radius 3 is 2.46 bits per heavy atom. The van der Waals surface area contributed by atoms with Crippen molar-refractivity contribution in [3.8, 4) is 22.9 Å². The van der Waals surface area contributed by atoms with Gasteiger partial charge in [0, 0.05) is 11.6 Å². The van der Waals surface area contributed by atoms with E-state index in [-0.39, 0.29) is 0 Å². The van der Waals surface area contributed by atoms with Crippen LogP contribution < -0.4 is 14.8 Å². The predicted molar refractivity (Wildman–Crippen MR) is 99.0 cm³/mol. The lowest BCUT2D eigenvalue weighted by atomic mass is 10.1. The third kappa shape index (κ3) is 3.02. The van der Waals surface area contributed by atoms with Crippen molar-refractivity contribution >= 4 is 17.3 Å². The molecule has 1 N–H and O–H groups in total. The molecule has 1 aromatic carbocycles. The van der Waals surface area contributed by atoms with E-state index in [1.165, 1.54) is 0 Å². The van der Waals surface area contributed by atoms with Crippen LogP contribution in [0, 0.1) is 0 Å². The second-order valence-corrected chi connectivity index (χ2v) is 5.56. The molecular formula is C19H17N5O2. The van der Waals surface area contributed by atoms with Crippen LogP contribution in [0.1, 0.15) is 0 Å². The zero-order valence-corrected chi connectivity index (χ0v) is 14.4. The van der Waals surface area contributed by atoms with Crippen LogP contribution in [0.15, 0.2) is 60.8 Å². The Labute approximate surface area is 150 Å². The molecule has 0 aliphatic carbocycles. The Hall–Kier alpha value is -3.61. The minimum atomic E-state index is 0.498. The molecule has 0 saturated carbocycles. The fourth-order valence-electron chi connectivity index (χ4n) is 2.64. The summed E-state index contributed by atoms with van der Waals surface area (Å²) in [4.78, 5) is 8.70. The number of pyridine rings is 2. The lowest BCUT2D eigenvalue weighted by Gasteiger charge is -2.05.